The highest BCUT2D eigenvalue weighted by molar-refractivity contribution is 5.87. The molecule has 2 aromatic rings. The fourth-order valence-electron chi connectivity index (χ4n) is 1.06. The van der Waals surface area contributed by atoms with Crippen LogP contribution in [0.25, 0.3) is 11.0 Å². The number of nitrogen functional groups attached to an aromatic ring is 1. The van der Waals surface area contributed by atoms with E-state index in [-0.39, 0.29) is 47.4 Å². The molecule has 0 aliphatic rings. The van der Waals surface area contributed by atoms with Crippen LogP contribution in [-0.2, 0) is 0 Å². The molecule has 0 bridgehead atoms. The molecule has 0 amide bonds. The molecule has 0 aliphatic heterocycles. The smallest absolute Gasteiger partial charge is 0.280 e. The number of halogens is 4. The second-order valence-electron chi connectivity index (χ2n) is 2.40. The molecule has 9 heteroatoms. The van der Waals surface area contributed by atoms with E-state index in [1.165, 1.54) is 6.33 Å². The van der Waals surface area contributed by atoms with Crippen LogP contribution in [0.4, 0.5) is 14.6 Å². The molecule has 5 nitrogen and oxygen atoms in total. The van der Waals surface area contributed by atoms with Gasteiger partial charge in [0.05, 0.1) is 5.39 Å². The van der Waals surface area contributed by atoms with Crippen molar-refractivity contribution >= 4 is 41.7 Å². The van der Waals surface area contributed by atoms with E-state index in [0.29, 0.717) is 0 Å². The first-order chi connectivity index (χ1) is 6.20. The Hall–Kier alpha value is -1.21. The van der Waals surface area contributed by atoms with E-state index in [0.717, 1.165) is 0 Å². The van der Waals surface area contributed by atoms with Gasteiger partial charge in [-0.3, -0.25) is 5.10 Å². The fourth-order valence-corrected chi connectivity index (χ4v) is 1.06. The summed E-state index contributed by atoms with van der Waals surface area (Å²) >= 11 is 0. The predicted molar refractivity (Wildman–Crippen MR) is 55.5 cm³/mol. The molecule has 0 unspecified atom stereocenters. The quantitative estimate of drug-likeness (QED) is 0.815. The molecule has 0 aromatic carbocycles. The Morgan fingerprint density at radius 1 is 1.27 bits per heavy atom. The predicted octanol–water partition coefficient (Wildman–Crippen LogP) is 1.72. The number of alkyl halides is 2. The van der Waals surface area contributed by atoms with Gasteiger partial charge in [-0.15, -0.1) is 24.8 Å². The molecule has 0 radical (unpaired) electrons. The summed E-state index contributed by atoms with van der Waals surface area (Å²) in [7, 11) is 0. The van der Waals surface area contributed by atoms with Crippen LogP contribution in [0, 0.1) is 0 Å². The zero-order chi connectivity index (χ0) is 9.42. The van der Waals surface area contributed by atoms with Gasteiger partial charge in [-0.05, 0) is 0 Å². The van der Waals surface area contributed by atoms with E-state index in [4.69, 9.17) is 5.73 Å². The van der Waals surface area contributed by atoms with Gasteiger partial charge < -0.3 is 5.73 Å². The van der Waals surface area contributed by atoms with Crippen LogP contribution in [0.15, 0.2) is 6.33 Å². The van der Waals surface area contributed by atoms with Gasteiger partial charge in [0, 0.05) is 0 Å². The topological polar surface area (TPSA) is 80.5 Å². The second kappa shape index (κ2) is 5.04. The maximum absolute atomic E-state index is 12.3. The number of anilines is 1. The maximum Gasteiger partial charge on any atom is 0.280 e. The van der Waals surface area contributed by atoms with Crippen LogP contribution in [-0.4, -0.2) is 20.2 Å². The van der Waals surface area contributed by atoms with Crippen LogP contribution < -0.4 is 5.73 Å². The summed E-state index contributed by atoms with van der Waals surface area (Å²) in [5, 5.41) is 5.83. The van der Waals surface area contributed by atoms with Crippen LogP contribution in [0.5, 0.6) is 0 Å². The number of aromatic nitrogens is 4. The number of H-pyrrole nitrogens is 1. The van der Waals surface area contributed by atoms with Crippen molar-refractivity contribution in [3.8, 4) is 0 Å². The number of nitrogens with zero attached hydrogens (tertiary/aromatic N) is 3. The van der Waals surface area contributed by atoms with Crippen molar-refractivity contribution in [3.63, 3.8) is 0 Å². The van der Waals surface area contributed by atoms with Gasteiger partial charge in [0.15, 0.2) is 5.65 Å². The van der Waals surface area contributed by atoms with Crippen LogP contribution in [0.3, 0.4) is 0 Å². The van der Waals surface area contributed by atoms with E-state index in [2.05, 4.69) is 20.2 Å². The Labute approximate surface area is 95.3 Å². The number of aromatic amines is 1. The molecule has 0 fully saturated rings. The lowest BCUT2D eigenvalue weighted by Crippen LogP contribution is -1.94. The molecule has 0 saturated heterocycles. The molecular formula is C6H7Cl2F2N5. The molecule has 15 heavy (non-hydrogen) atoms. The van der Waals surface area contributed by atoms with Gasteiger partial charge in [-0.1, -0.05) is 0 Å². The average molecular weight is 258 g/mol. The third kappa shape index (κ3) is 2.24. The summed E-state index contributed by atoms with van der Waals surface area (Å²) < 4.78 is 24.7. The molecule has 0 aliphatic carbocycles. The van der Waals surface area contributed by atoms with Crippen molar-refractivity contribution in [2.75, 3.05) is 5.73 Å². The van der Waals surface area contributed by atoms with Crippen molar-refractivity contribution in [2.45, 2.75) is 6.43 Å². The Morgan fingerprint density at radius 2 is 1.93 bits per heavy atom. The van der Waals surface area contributed by atoms with Crippen molar-refractivity contribution in [1.82, 2.24) is 20.2 Å². The number of nitrogens with two attached hydrogens (primary N) is 1. The Kier molecular flexibility index (Phi) is 4.63. The van der Waals surface area contributed by atoms with E-state index < -0.39 is 6.43 Å². The van der Waals surface area contributed by atoms with Gasteiger partial charge >= 0.3 is 0 Å². The monoisotopic (exact) mass is 257 g/mol. The summed E-state index contributed by atoms with van der Waals surface area (Å²) in [4.78, 5) is 7.27. The second-order valence-corrected chi connectivity index (χ2v) is 2.40. The standard InChI is InChI=1S/C6H5F2N5.2ClH/c7-4(8)3-2-5(9)10-1-11-6(2)13-12-3;;/h1,4H,(H3,9,10,11,12,13);2*1H. The fraction of sp³-hybridized carbons (Fsp3) is 0.167. The number of rotatable bonds is 1. The summed E-state index contributed by atoms with van der Waals surface area (Å²) in [6, 6.07) is 0. The van der Waals surface area contributed by atoms with E-state index in [1.54, 1.807) is 0 Å². The van der Waals surface area contributed by atoms with Crippen molar-refractivity contribution < 1.29 is 8.78 Å². The highest BCUT2D eigenvalue weighted by atomic mass is 35.5. The molecule has 0 atom stereocenters. The van der Waals surface area contributed by atoms with Gasteiger partial charge in [0.25, 0.3) is 6.43 Å². The lowest BCUT2D eigenvalue weighted by Gasteiger charge is -1.96. The third-order valence-corrected chi connectivity index (χ3v) is 1.63. The average Bonchev–Trinajstić information content (AvgIpc) is 2.49. The van der Waals surface area contributed by atoms with Crippen molar-refractivity contribution in [3.05, 3.63) is 12.0 Å². The number of nitrogens with one attached hydrogen (secondary N) is 1. The largest absolute Gasteiger partial charge is 0.383 e. The zero-order valence-electron chi connectivity index (χ0n) is 7.15. The highest BCUT2D eigenvalue weighted by Crippen LogP contribution is 2.26. The minimum atomic E-state index is -2.65. The molecule has 3 N–H and O–H groups in total. The molecule has 2 heterocycles. The summed E-state index contributed by atoms with van der Waals surface area (Å²) in [6.07, 6.45) is -1.48. The first kappa shape index (κ1) is 13.8. The number of hydrogen-bond donors (Lipinski definition) is 2. The summed E-state index contributed by atoms with van der Waals surface area (Å²) in [6.45, 7) is 0. The number of hydrogen-bond acceptors (Lipinski definition) is 4. The van der Waals surface area contributed by atoms with Crippen LogP contribution in [0.2, 0.25) is 0 Å². The van der Waals surface area contributed by atoms with Crippen molar-refractivity contribution in [2.24, 2.45) is 0 Å². The van der Waals surface area contributed by atoms with E-state index in [1.807, 2.05) is 0 Å². The first-order valence-corrected chi connectivity index (χ1v) is 3.42. The number of fused-ring (bicyclic) bond motifs is 1. The zero-order valence-corrected chi connectivity index (χ0v) is 8.78. The van der Waals surface area contributed by atoms with E-state index >= 15 is 0 Å². The Balaban J connectivity index is 0.000000980. The molecule has 2 aromatic heterocycles. The molecule has 0 saturated carbocycles. The van der Waals surface area contributed by atoms with Gasteiger partial charge in [-0.25, -0.2) is 18.7 Å². The molecule has 0 spiro atoms. The molecule has 2 rings (SSSR count). The maximum atomic E-state index is 12.3. The third-order valence-electron chi connectivity index (χ3n) is 1.63. The Morgan fingerprint density at radius 3 is 2.53 bits per heavy atom. The highest BCUT2D eigenvalue weighted by Gasteiger charge is 2.17. The lowest BCUT2D eigenvalue weighted by molar-refractivity contribution is 0.147. The minimum absolute atomic E-state index is 0. The van der Waals surface area contributed by atoms with Crippen molar-refractivity contribution in [1.29, 1.82) is 0 Å². The van der Waals surface area contributed by atoms with Gasteiger partial charge in [0.1, 0.15) is 17.8 Å². The van der Waals surface area contributed by atoms with Crippen LogP contribution in [0.1, 0.15) is 12.1 Å². The Bertz CT molecular complexity index is 446. The summed E-state index contributed by atoms with van der Waals surface area (Å²) in [5.74, 6) is 0.00838. The molecular weight excluding hydrogens is 251 g/mol. The van der Waals surface area contributed by atoms with Gasteiger partial charge in [-0.2, -0.15) is 5.10 Å². The first-order valence-electron chi connectivity index (χ1n) is 3.42. The lowest BCUT2D eigenvalue weighted by atomic mass is 10.3. The SMILES string of the molecule is Cl.Cl.Nc1ncnc2n[nH]c(C(F)F)c12. The van der Waals surface area contributed by atoms with Gasteiger partial charge in [0.2, 0.25) is 0 Å². The summed E-state index contributed by atoms with van der Waals surface area (Å²) in [5.41, 5.74) is 5.21. The minimum Gasteiger partial charge on any atom is -0.383 e. The van der Waals surface area contributed by atoms with E-state index in [9.17, 15) is 8.78 Å². The van der Waals surface area contributed by atoms with Crippen LogP contribution >= 0.6 is 24.8 Å². The normalized spacial score (nSPS) is 9.80. The molecule has 84 valence electrons.